The third-order valence-corrected chi connectivity index (χ3v) is 5.07. The maximum Gasteiger partial charge on any atom is 0.232 e. The summed E-state index contributed by atoms with van der Waals surface area (Å²) < 4.78 is 5.41. The SMILES string of the molecule is Cc1noc(C2(C)CCN(CC3(C)CCNC3)CC2)n1. The number of likely N-dealkylation sites (tertiary alicyclic amines) is 1. The Bertz CT molecular complexity index is 456. The van der Waals surface area contributed by atoms with Crippen LogP contribution in [0.1, 0.15) is 44.8 Å². The van der Waals surface area contributed by atoms with Crippen molar-refractivity contribution in [3.63, 3.8) is 0 Å². The zero-order chi connectivity index (χ0) is 14.2. The van der Waals surface area contributed by atoms with Crippen LogP contribution < -0.4 is 5.32 Å². The Balaban J connectivity index is 1.59. The predicted octanol–water partition coefficient (Wildman–Crippen LogP) is 1.73. The zero-order valence-electron chi connectivity index (χ0n) is 12.9. The fourth-order valence-electron chi connectivity index (χ4n) is 3.50. The molecular formula is C15H26N4O. The van der Waals surface area contributed by atoms with Gasteiger partial charge in [-0.15, -0.1) is 0 Å². The molecule has 5 nitrogen and oxygen atoms in total. The minimum Gasteiger partial charge on any atom is -0.339 e. The Morgan fingerprint density at radius 1 is 1.25 bits per heavy atom. The topological polar surface area (TPSA) is 54.2 Å². The smallest absolute Gasteiger partial charge is 0.232 e. The van der Waals surface area contributed by atoms with Gasteiger partial charge in [-0.2, -0.15) is 4.98 Å². The van der Waals surface area contributed by atoms with E-state index in [1.807, 2.05) is 6.92 Å². The summed E-state index contributed by atoms with van der Waals surface area (Å²) in [7, 11) is 0. The van der Waals surface area contributed by atoms with Gasteiger partial charge in [-0.05, 0) is 51.2 Å². The molecule has 3 rings (SSSR count). The summed E-state index contributed by atoms with van der Waals surface area (Å²) in [6, 6.07) is 0. The van der Waals surface area contributed by atoms with Crippen molar-refractivity contribution in [1.82, 2.24) is 20.4 Å². The first kappa shape index (κ1) is 14.0. The van der Waals surface area contributed by atoms with E-state index < -0.39 is 0 Å². The lowest BCUT2D eigenvalue weighted by molar-refractivity contribution is 0.105. The van der Waals surface area contributed by atoms with Crippen molar-refractivity contribution in [2.24, 2.45) is 5.41 Å². The fraction of sp³-hybridized carbons (Fsp3) is 0.867. The highest BCUT2D eigenvalue weighted by Gasteiger charge is 2.38. The molecule has 112 valence electrons. The molecule has 1 aromatic rings. The lowest BCUT2D eigenvalue weighted by Gasteiger charge is -2.40. The average Bonchev–Trinajstić information content (AvgIpc) is 3.02. The van der Waals surface area contributed by atoms with Gasteiger partial charge in [0.1, 0.15) is 0 Å². The predicted molar refractivity (Wildman–Crippen MR) is 77.7 cm³/mol. The highest BCUT2D eigenvalue weighted by molar-refractivity contribution is 5.05. The molecule has 0 radical (unpaired) electrons. The normalized spacial score (nSPS) is 30.8. The standard InChI is InChI=1S/C15H26N4O/c1-12-17-13(20-18-12)15(3)5-8-19(9-6-15)11-14(2)4-7-16-10-14/h16H,4-11H2,1-3H3. The van der Waals surface area contributed by atoms with Crippen molar-refractivity contribution in [2.75, 3.05) is 32.7 Å². The van der Waals surface area contributed by atoms with E-state index in [0.717, 1.165) is 44.2 Å². The maximum absolute atomic E-state index is 5.41. The summed E-state index contributed by atoms with van der Waals surface area (Å²) in [6.07, 6.45) is 3.51. The van der Waals surface area contributed by atoms with Crippen LogP contribution in [0.25, 0.3) is 0 Å². The van der Waals surface area contributed by atoms with Crippen LogP contribution in [0.2, 0.25) is 0 Å². The summed E-state index contributed by atoms with van der Waals surface area (Å²) in [5.41, 5.74) is 0.515. The van der Waals surface area contributed by atoms with Gasteiger partial charge in [0.05, 0.1) is 0 Å². The summed E-state index contributed by atoms with van der Waals surface area (Å²) >= 11 is 0. The van der Waals surface area contributed by atoms with E-state index in [0.29, 0.717) is 5.41 Å². The van der Waals surface area contributed by atoms with Gasteiger partial charge < -0.3 is 14.7 Å². The molecule has 1 aromatic heterocycles. The summed E-state index contributed by atoms with van der Waals surface area (Å²) in [5, 5.41) is 7.43. The number of aromatic nitrogens is 2. The number of rotatable bonds is 3. The molecule has 0 spiro atoms. The van der Waals surface area contributed by atoms with E-state index in [9.17, 15) is 0 Å². The van der Waals surface area contributed by atoms with Crippen molar-refractivity contribution >= 4 is 0 Å². The zero-order valence-corrected chi connectivity index (χ0v) is 12.9. The Labute approximate surface area is 121 Å². The van der Waals surface area contributed by atoms with Crippen molar-refractivity contribution in [3.8, 4) is 0 Å². The van der Waals surface area contributed by atoms with Gasteiger partial charge in [0, 0.05) is 18.5 Å². The number of hydrogen-bond acceptors (Lipinski definition) is 5. The van der Waals surface area contributed by atoms with Gasteiger partial charge in [0.15, 0.2) is 5.82 Å². The Morgan fingerprint density at radius 3 is 2.55 bits per heavy atom. The molecule has 2 saturated heterocycles. The molecule has 2 aliphatic rings. The Kier molecular flexibility index (Phi) is 3.58. The number of hydrogen-bond donors (Lipinski definition) is 1. The molecule has 5 heteroatoms. The lowest BCUT2D eigenvalue weighted by Crippen LogP contribution is -2.45. The second kappa shape index (κ2) is 5.11. The third kappa shape index (κ3) is 2.74. The molecule has 1 atom stereocenters. The van der Waals surface area contributed by atoms with E-state index in [4.69, 9.17) is 4.52 Å². The summed E-state index contributed by atoms with van der Waals surface area (Å²) in [5.74, 6) is 1.57. The molecular weight excluding hydrogens is 252 g/mol. The highest BCUT2D eigenvalue weighted by Crippen LogP contribution is 2.35. The van der Waals surface area contributed by atoms with E-state index >= 15 is 0 Å². The van der Waals surface area contributed by atoms with Gasteiger partial charge in [-0.25, -0.2) is 0 Å². The molecule has 0 aliphatic carbocycles. The molecule has 2 fully saturated rings. The van der Waals surface area contributed by atoms with Crippen LogP contribution in [0.4, 0.5) is 0 Å². The van der Waals surface area contributed by atoms with Crippen LogP contribution in [0, 0.1) is 12.3 Å². The van der Waals surface area contributed by atoms with E-state index in [1.165, 1.54) is 19.5 Å². The van der Waals surface area contributed by atoms with Crippen LogP contribution in [0.5, 0.6) is 0 Å². The lowest BCUT2D eigenvalue weighted by atomic mass is 9.79. The fourth-order valence-corrected chi connectivity index (χ4v) is 3.50. The Morgan fingerprint density at radius 2 is 2.00 bits per heavy atom. The molecule has 20 heavy (non-hydrogen) atoms. The van der Waals surface area contributed by atoms with E-state index in [2.05, 4.69) is 34.2 Å². The first-order valence-electron chi connectivity index (χ1n) is 7.73. The van der Waals surface area contributed by atoms with Crippen LogP contribution >= 0.6 is 0 Å². The molecule has 1 unspecified atom stereocenters. The Hall–Kier alpha value is -0.940. The van der Waals surface area contributed by atoms with E-state index in [-0.39, 0.29) is 5.41 Å². The number of aryl methyl sites for hydroxylation is 1. The summed E-state index contributed by atoms with van der Waals surface area (Å²) in [6.45, 7) is 12.4. The van der Waals surface area contributed by atoms with Crippen LogP contribution in [0.3, 0.4) is 0 Å². The van der Waals surface area contributed by atoms with Crippen LogP contribution in [-0.4, -0.2) is 47.8 Å². The first-order valence-corrected chi connectivity index (χ1v) is 7.73. The van der Waals surface area contributed by atoms with Gasteiger partial charge in [0.25, 0.3) is 0 Å². The minimum absolute atomic E-state index is 0.0621. The largest absolute Gasteiger partial charge is 0.339 e. The van der Waals surface area contributed by atoms with Crippen molar-refractivity contribution in [3.05, 3.63) is 11.7 Å². The molecule has 0 bridgehead atoms. The quantitative estimate of drug-likeness (QED) is 0.912. The van der Waals surface area contributed by atoms with Gasteiger partial charge >= 0.3 is 0 Å². The average molecular weight is 278 g/mol. The van der Waals surface area contributed by atoms with E-state index in [1.54, 1.807) is 0 Å². The highest BCUT2D eigenvalue weighted by atomic mass is 16.5. The molecule has 0 amide bonds. The van der Waals surface area contributed by atoms with Gasteiger partial charge in [0.2, 0.25) is 5.89 Å². The number of nitrogens with one attached hydrogen (secondary N) is 1. The summed E-state index contributed by atoms with van der Waals surface area (Å²) in [4.78, 5) is 7.05. The number of piperidine rings is 1. The van der Waals surface area contributed by atoms with Crippen molar-refractivity contribution in [2.45, 2.75) is 45.4 Å². The molecule has 3 heterocycles. The molecule has 0 aromatic carbocycles. The first-order chi connectivity index (χ1) is 9.49. The maximum atomic E-state index is 5.41. The third-order valence-electron chi connectivity index (χ3n) is 5.07. The number of nitrogens with zero attached hydrogens (tertiary/aromatic N) is 3. The molecule has 1 N–H and O–H groups in total. The second-order valence-electron chi connectivity index (χ2n) is 7.22. The minimum atomic E-state index is 0.0621. The van der Waals surface area contributed by atoms with Gasteiger partial charge in [-0.3, -0.25) is 0 Å². The molecule has 2 aliphatic heterocycles. The second-order valence-corrected chi connectivity index (χ2v) is 7.22. The van der Waals surface area contributed by atoms with Crippen molar-refractivity contribution in [1.29, 1.82) is 0 Å². The van der Waals surface area contributed by atoms with Crippen molar-refractivity contribution < 1.29 is 4.52 Å². The van der Waals surface area contributed by atoms with Crippen LogP contribution in [0.15, 0.2) is 4.52 Å². The van der Waals surface area contributed by atoms with Crippen LogP contribution in [-0.2, 0) is 5.41 Å². The molecule has 0 saturated carbocycles. The van der Waals surface area contributed by atoms with Gasteiger partial charge in [-0.1, -0.05) is 19.0 Å². The monoisotopic (exact) mass is 278 g/mol.